The van der Waals surface area contributed by atoms with Gasteiger partial charge in [0.05, 0.1) is 5.69 Å². The molecule has 3 rings (SSSR count). The van der Waals surface area contributed by atoms with Crippen molar-refractivity contribution in [1.82, 2.24) is 4.98 Å². The number of allylic oxidation sites excluding steroid dienone is 1. The number of rotatable bonds is 1. The highest BCUT2D eigenvalue weighted by Crippen LogP contribution is 2.32. The Bertz CT molecular complexity index is 692. The molecule has 2 N–H and O–H groups in total. The summed E-state index contributed by atoms with van der Waals surface area (Å²) in [4.78, 5) is 17.2. The Morgan fingerprint density at radius 3 is 2.94 bits per heavy atom. The van der Waals surface area contributed by atoms with Crippen LogP contribution in [0.3, 0.4) is 0 Å². The zero-order valence-electron chi connectivity index (χ0n) is 8.68. The van der Waals surface area contributed by atoms with E-state index in [0.717, 1.165) is 16.8 Å². The van der Waals surface area contributed by atoms with E-state index in [1.165, 1.54) is 0 Å². The van der Waals surface area contributed by atoms with Crippen molar-refractivity contribution in [1.29, 1.82) is 0 Å². The van der Waals surface area contributed by atoms with Crippen molar-refractivity contribution < 1.29 is 9.52 Å². The zero-order valence-corrected chi connectivity index (χ0v) is 8.68. The van der Waals surface area contributed by atoms with Gasteiger partial charge in [-0.1, -0.05) is 18.2 Å². The molecule has 0 saturated carbocycles. The molecule has 5 nitrogen and oxygen atoms in total. The minimum atomic E-state index is -0.683. The Morgan fingerprint density at radius 2 is 2.18 bits per heavy atom. The predicted octanol–water partition coefficient (Wildman–Crippen LogP) is 1.93. The number of aromatic amines is 1. The van der Waals surface area contributed by atoms with Crippen LogP contribution in [-0.4, -0.2) is 16.3 Å². The summed E-state index contributed by atoms with van der Waals surface area (Å²) in [7, 11) is 0. The molecule has 17 heavy (non-hydrogen) atoms. The van der Waals surface area contributed by atoms with Gasteiger partial charge in [0.25, 0.3) is 0 Å². The molecule has 1 aliphatic rings. The summed E-state index contributed by atoms with van der Waals surface area (Å²) in [6.45, 7) is 0. The van der Waals surface area contributed by atoms with Gasteiger partial charge in [-0.25, -0.2) is 4.79 Å². The molecule has 0 bridgehead atoms. The van der Waals surface area contributed by atoms with E-state index < -0.39 is 5.76 Å². The van der Waals surface area contributed by atoms with E-state index in [1.807, 2.05) is 24.3 Å². The van der Waals surface area contributed by atoms with Crippen LogP contribution in [0.5, 0.6) is 5.88 Å². The lowest BCUT2D eigenvalue weighted by Gasteiger charge is -1.97. The van der Waals surface area contributed by atoms with Crippen LogP contribution in [0.1, 0.15) is 11.3 Å². The van der Waals surface area contributed by atoms with Gasteiger partial charge in [0, 0.05) is 17.4 Å². The first-order valence-electron chi connectivity index (χ1n) is 5.01. The van der Waals surface area contributed by atoms with E-state index in [-0.39, 0.29) is 11.6 Å². The second-order valence-corrected chi connectivity index (χ2v) is 3.60. The molecule has 0 fully saturated rings. The fraction of sp³-hybridized carbons (Fsp3) is 0. The Hall–Kier alpha value is -2.56. The van der Waals surface area contributed by atoms with E-state index in [4.69, 9.17) is 4.42 Å². The number of hydrogen-bond donors (Lipinski definition) is 2. The number of benzene rings is 1. The van der Waals surface area contributed by atoms with Gasteiger partial charge in [0.1, 0.15) is 0 Å². The third kappa shape index (κ3) is 1.57. The number of H-pyrrole nitrogens is 1. The number of aromatic nitrogens is 1. The number of aromatic hydroxyl groups is 1. The van der Waals surface area contributed by atoms with Crippen LogP contribution >= 0.6 is 0 Å². The molecule has 0 unspecified atom stereocenters. The molecule has 0 aliphatic carbocycles. The van der Waals surface area contributed by atoms with Crippen molar-refractivity contribution in [2.24, 2.45) is 4.99 Å². The number of hydrogen-bond acceptors (Lipinski definition) is 4. The monoisotopic (exact) mass is 228 g/mol. The lowest BCUT2D eigenvalue weighted by atomic mass is 10.1. The molecular weight excluding hydrogens is 220 g/mol. The summed E-state index contributed by atoms with van der Waals surface area (Å²) < 4.78 is 4.79. The minimum Gasteiger partial charge on any atom is -0.492 e. The Morgan fingerprint density at radius 1 is 1.35 bits per heavy atom. The van der Waals surface area contributed by atoms with Crippen LogP contribution in [0.4, 0.5) is 5.69 Å². The van der Waals surface area contributed by atoms with Crippen molar-refractivity contribution in [2.75, 3.05) is 0 Å². The van der Waals surface area contributed by atoms with Crippen LogP contribution in [0.2, 0.25) is 0 Å². The van der Waals surface area contributed by atoms with Crippen LogP contribution < -0.4 is 5.76 Å². The summed E-state index contributed by atoms with van der Waals surface area (Å²) in [5.41, 5.74) is 2.59. The topological polar surface area (TPSA) is 78.6 Å². The van der Waals surface area contributed by atoms with Crippen LogP contribution in [0, 0.1) is 0 Å². The first-order chi connectivity index (χ1) is 8.24. The van der Waals surface area contributed by atoms with Crippen molar-refractivity contribution in [3.8, 4) is 5.88 Å². The molecule has 2 aromatic rings. The number of para-hydroxylation sites is 1. The van der Waals surface area contributed by atoms with Crippen molar-refractivity contribution >= 4 is 23.6 Å². The fourth-order valence-corrected chi connectivity index (χ4v) is 1.73. The maximum Gasteiger partial charge on any atom is 0.419 e. The van der Waals surface area contributed by atoms with Gasteiger partial charge in [0.15, 0.2) is 5.76 Å². The molecule has 84 valence electrons. The summed E-state index contributed by atoms with van der Waals surface area (Å²) >= 11 is 0. The second kappa shape index (κ2) is 3.48. The van der Waals surface area contributed by atoms with E-state index in [2.05, 4.69) is 9.98 Å². The predicted molar refractivity (Wildman–Crippen MR) is 63.5 cm³/mol. The molecule has 2 heterocycles. The molecule has 0 radical (unpaired) electrons. The van der Waals surface area contributed by atoms with Crippen LogP contribution in [-0.2, 0) is 0 Å². The van der Waals surface area contributed by atoms with Crippen molar-refractivity contribution in [3.63, 3.8) is 0 Å². The van der Waals surface area contributed by atoms with Crippen molar-refractivity contribution in [3.05, 3.63) is 46.1 Å². The quantitative estimate of drug-likeness (QED) is 0.782. The Kier molecular flexibility index (Phi) is 1.98. The molecule has 0 amide bonds. The van der Waals surface area contributed by atoms with Crippen LogP contribution in [0.25, 0.3) is 11.6 Å². The van der Waals surface area contributed by atoms with Crippen LogP contribution in [0.15, 0.2) is 38.5 Å². The van der Waals surface area contributed by atoms with Gasteiger partial charge in [-0.05, 0) is 12.1 Å². The first-order valence-corrected chi connectivity index (χ1v) is 5.01. The number of fused-ring (bicyclic) bond motifs is 1. The van der Waals surface area contributed by atoms with Crippen molar-refractivity contribution in [2.45, 2.75) is 0 Å². The lowest BCUT2D eigenvalue weighted by molar-refractivity contribution is 0.443. The number of oxazole rings is 1. The number of nitrogens with one attached hydrogen (secondary N) is 1. The summed E-state index contributed by atoms with van der Waals surface area (Å²) in [6.07, 6.45) is 3.24. The van der Waals surface area contributed by atoms with Gasteiger partial charge >= 0.3 is 5.76 Å². The average molecular weight is 228 g/mol. The van der Waals surface area contributed by atoms with Gasteiger partial charge < -0.3 is 9.52 Å². The van der Waals surface area contributed by atoms with E-state index in [0.29, 0.717) is 0 Å². The molecule has 1 aromatic carbocycles. The van der Waals surface area contributed by atoms with E-state index in [9.17, 15) is 9.90 Å². The lowest BCUT2D eigenvalue weighted by Crippen LogP contribution is -1.92. The minimum absolute atomic E-state index is 0.105. The summed E-state index contributed by atoms with van der Waals surface area (Å²) in [6, 6.07) is 7.59. The Balaban J connectivity index is 2.11. The first kappa shape index (κ1) is 9.65. The molecule has 0 spiro atoms. The second-order valence-electron chi connectivity index (χ2n) is 3.60. The highest BCUT2D eigenvalue weighted by atomic mass is 16.4. The Labute approximate surface area is 95.8 Å². The van der Waals surface area contributed by atoms with Gasteiger partial charge in [-0.3, -0.25) is 9.98 Å². The number of nitrogens with zero attached hydrogens (tertiary/aromatic N) is 1. The average Bonchev–Trinajstić information content (AvgIpc) is 2.85. The number of aliphatic imine (C=N–C) groups is 1. The molecule has 0 saturated heterocycles. The molecular formula is C12H8N2O3. The normalized spacial score (nSPS) is 15.4. The molecule has 1 aliphatic heterocycles. The van der Waals surface area contributed by atoms with Gasteiger partial charge in [0.2, 0.25) is 5.88 Å². The largest absolute Gasteiger partial charge is 0.492 e. The standard InChI is InChI=1S/C12H8N2O3/c15-11-10(17-12(16)14-11)5-7-6-13-9-4-2-1-3-8(7)9/h1-6,15H,(H,14,16)/b7-5+. The summed E-state index contributed by atoms with van der Waals surface area (Å²) in [5, 5.41) is 9.40. The van der Waals surface area contributed by atoms with E-state index >= 15 is 0 Å². The highest BCUT2D eigenvalue weighted by Gasteiger charge is 2.13. The smallest absolute Gasteiger partial charge is 0.419 e. The zero-order chi connectivity index (χ0) is 11.8. The summed E-state index contributed by atoms with van der Waals surface area (Å²) in [5.74, 6) is -0.856. The highest BCUT2D eigenvalue weighted by molar-refractivity contribution is 6.21. The molecule has 1 aromatic heterocycles. The third-order valence-corrected chi connectivity index (χ3v) is 2.50. The SMILES string of the molecule is O=c1[nH]c(O)c(/C=C2\C=Nc3ccccc32)o1. The van der Waals surface area contributed by atoms with E-state index in [1.54, 1.807) is 12.3 Å². The maximum absolute atomic E-state index is 10.9. The third-order valence-electron chi connectivity index (χ3n) is 2.50. The maximum atomic E-state index is 10.9. The van der Waals surface area contributed by atoms with Gasteiger partial charge in [-0.15, -0.1) is 0 Å². The molecule has 0 atom stereocenters. The molecule has 5 heteroatoms. The van der Waals surface area contributed by atoms with Gasteiger partial charge in [-0.2, -0.15) is 0 Å². The fourth-order valence-electron chi connectivity index (χ4n) is 1.73.